The number of hydrogen-bond donors (Lipinski definition) is 1. The van der Waals surface area contributed by atoms with Crippen LogP contribution >= 0.6 is 0 Å². The summed E-state index contributed by atoms with van der Waals surface area (Å²) in [5, 5.41) is 3.05. The zero-order chi connectivity index (χ0) is 20.5. The van der Waals surface area contributed by atoms with E-state index in [2.05, 4.69) is 10.3 Å². The highest BCUT2D eigenvalue weighted by Crippen LogP contribution is 2.35. The second-order valence-corrected chi connectivity index (χ2v) is 8.19. The molecule has 1 aromatic heterocycles. The number of benzene rings is 1. The Morgan fingerprint density at radius 3 is 2.70 bits per heavy atom. The monoisotopic (exact) mass is 408 g/mol. The molecule has 2 aromatic rings. The summed E-state index contributed by atoms with van der Waals surface area (Å²) in [5.41, 5.74) is 0.594. The number of carbonyl (C=O) groups excluding carboxylic acids is 2. The molecule has 3 aliphatic rings. The molecule has 3 heterocycles. The molecule has 1 amide bonds. The van der Waals surface area contributed by atoms with Gasteiger partial charge in [-0.1, -0.05) is 12.1 Å². The lowest BCUT2D eigenvalue weighted by Crippen LogP contribution is -2.44. The fourth-order valence-corrected chi connectivity index (χ4v) is 4.16. The van der Waals surface area contributed by atoms with Gasteiger partial charge < -0.3 is 19.5 Å². The minimum absolute atomic E-state index is 0.0202. The maximum Gasteiger partial charge on any atom is 0.223 e. The normalized spacial score (nSPS) is 27.5. The summed E-state index contributed by atoms with van der Waals surface area (Å²) in [6.07, 6.45) is 5.24. The Balaban J connectivity index is 1.20. The predicted octanol–water partition coefficient (Wildman–Crippen LogP) is 2.76. The summed E-state index contributed by atoms with van der Waals surface area (Å²) >= 11 is 0. The molecular weight excluding hydrogens is 384 g/mol. The van der Waals surface area contributed by atoms with Gasteiger partial charge in [-0.15, -0.1) is 0 Å². The third-order valence-corrected chi connectivity index (χ3v) is 5.91. The lowest BCUT2D eigenvalue weighted by molar-refractivity contribution is -0.123. The first kappa shape index (κ1) is 19.2. The topological polar surface area (TPSA) is 86.8 Å². The van der Waals surface area contributed by atoms with Crippen LogP contribution in [0.15, 0.2) is 48.8 Å². The first-order valence-electron chi connectivity index (χ1n) is 10.4. The molecule has 0 unspecified atom stereocenters. The minimum Gasteiger partial charge on any atom is -0.456 e. The van der Waals surface area contributed by atoms with Crippen LogP contribution in [0.4, 0.5) is 0 Å². The van der Waals surface area contributed by atoms with Gasteiger partial charge in [-0.25, -0.2) is 0 Å². The lowest BCUT2D eigenvalue weighted by Gasteiger charge is -2.17. The molecule has 1 N–H and O–H groups in total. The number of pyridine rings is 1. The minimum atomic E-state index is -0.175. The highest BCUT2D eigenvalue weighted by Gasteiger charge is 2.49. The number of ketones is 1. The van der Waals surface area contributed by atoms with E-state index in [1.54, 1.807) is 30.6 Å². The van der Waals surface area contributed by atoms with E-state index in [4.69, 9.17) is 14.2 Å². The number of ether oxygens (including phenoxy) is 3. The van der Waals surface area contributed by atoms with Crippen molar-refractivity contribution in [3.05, 3.63) is 54.4 Å². The van der Waals surface area contributed by atoms with Gasteiger partial charge in [0.05, 0.1) is 31.6 Å². The van der Waals surface area contributed by atoms with Crippen molar-refractivity contribution in [2.24, 2.45) is 11.8 Å². The fourth-order valence-electron chi connectivity index (χ4n) is 4.16. The number of nitrogens with zero attached hydrogens (tertiary/aromatic N) is 1. The molecule has 2 saturated heterocycles. The van der Waals surface area contributed by atoms with Crippen molar-refractivity contribution in [3.63, 3.8) is 0 Å². The van der Waals surface area contributed by atoms with E-state index in [1.807, 2.05) is 18.2 Å². The van der Waals surface area contributed by atoms with Crippen molar-refractivity contribution < 1.29 is 23.8 Å². The van der Waals surface area contributed by atoms with E-state index >= 15 is 0 Å². The SMILES string of the molecule is O=C(C[C@H]1CO[C@H]2[C@@H]1OC[C@@H]2NC(=O)C1CC1)c1cccc(Oc2cccnc2)c1. The molecular formula is C23H24N2O5. The molecule has 5 rings (SSSR count). The quantitative estimate of drug-likeness (QED) is 0.709. The highest BCUT2D eigenvalue weighted by atomic mass is 16.6. The van der Waals surface area contributed by atoms with Crippen molar-refractivity contribution in [2.75, 3.05) is 13.2 Å². The molecule has 1 saturated carbocycles. The van der Waals surface area contributed by atoms with E-state index in [0.717, 1.165) is 12.8 Å². The third-order valence-electron chi connectivity index (χ3n) is 5.91. The summed E-state index contributed by atoms with van der Waals surface area (Å²) in [6.45, 7) is 0.898. The summed E-state index contributed by atoms with van der Waals surface area (Å²) in [4.78, 5) is 29.0. The van der Waals surface area contributed by atoms with Gasteiger partial charge in [-0.2, -0.15) is 0 Å². The largest absolute Gasteiger partial charge is 0.456 e. The number of Topliss-reactive ketones (excluding diaryl/α,β-unsaturated/α-hetero) is 1. The lowest BCUT2D eigenvalue weighted by atomic mass is 9.92. The Hall–Kier alpha value is -2.77. The van der Waals surface area contributed by atoms with Gasteiger partial charge in [-0.05, 0) is 37.1 Å². The second kappa shape index (κ2) is 8.16. The summed E-state index contributed by atoms with van der Waals surface area (Å²) in [5.74, 6) is 1.46. The van der Waals surface area contributed by atoms with Gasteiger partial charge in [0.15, 0.2) is 5.78 Å². The maximum atomic E-state index is 12.9. The predicted molar refractivity (Wildman–Crippen MR) is 107 cm³/mol. The Morgan fingerprint density at radius 2 is 1.90 bits per heavy atom. The van der Waals surface area contributed by atoms with Crippen LogP contribution in [0.1, 0.15) is 29.6 Å². The average Bonchev–Trinajstić information content (AvgIpc) is 3.44. The number of hydrogen-bond acceptors (Lipinski definition) is 6. The molecule has 4 atom stereocenters. The number of rotatable bonds is 7. The molecule has 7 heteroatoms. The molecule has 30 heavy (non-hydrogen) atoms. The van der Waals surface area contributed by atoms with Crippen molar-refractivity contribution >= 4 is 11.7 Å². The Labute approximate surface area is 174 Å². The van der Waals surface area contributed by atoms with Gasteiger partial charge in [0.2, 0.25) is 5.91 Å². The van der Waals surface area contributed by atoms with Crippen molar-refractivity contribution in [1.82, 2.24) is 10.3 Å². The highest BCUT2D eigenvalue weighted by molar-refractivity contribution is 5.96. The number of nitrogens with one attached hydrogen (secondary N) is 1. The van der Waals surface area contributed by atoms with Gasteiger partial charge in [-0.3, -0.25) is 14.6 Å². The van der Waals surface area contributed by atoms with Crippen molar-refractivity contribution in [3.8, 4) is 11.5 Å². The number of aromatic nitrogens is 1. The van der Waals surface area contributed by atoms with E-state index in [-0.39, 0.29) is 41.8 Å². The Kier molecular flexibility index (Phi) is 5.23. The third kappa shape index (κ3) is 4.08. The number of amides is 1. The van der Waals surface area contributed by atoms with Crippen molar-refractivity contribution in [1.29, 1.82) is 0 Å². The first-order valence-corrected chi connectivity index (χ1v) is 10.4. The van der Waals surface area contributed by atoms with E-state index in [0.29, 0.717) is 36.7 Å². The first-order chi connectivity index (χ1) is 14.7. The summed E-state index contributed by atoms with van der Waals surface area (Å²) in [7, 11) is 0. The molecule has 1 aliphatic carbocycles. The Morgan fingerprint density at radius 1 is 1.07 bits per heavy atom. The maximum absolute atomic E-state index is 12.9. The van der Waals surface area contributed by atoms with Crippen LogP contribution in [0.3, 0.4) is 0 Å². The van der Waals surface area contributed by atoms with Gasteiger partial charge in [0, 0.05) is 30.0 Å². The number of fused-ring (bicyclic) bond motifs is 1. The molecule has 2 aliphatic heterocycles. The standard InChI is InChI=1S/C23H24N2O5/c26-20(15-3-1-4-17(9-15)30-18-5-2-8-24-11-18)10-16-12-28-22-19(13-29-21(16)22)25-23(27)14-6-7-14/h1-5,8-9,11,14,16,19,21-22H,6-7,10,12-13H2,(H,25,27)/t16-,19-,21+,22+/m0/s1. The van der Waals surface area contributed by atoms with Crippen LogP contribution in [-0.2, 0) is 14.3 Å². The Bertz CT molecular complexity index is 930. The van der Waals surface area contributed by atoms with E-state index in [9.17, 15) is 9.59 Å². The van der Waals surface area contributed by atoms with E-state index in [1.165, 1.54) is 0 Å². The molecule has 156 valence electrons. The smallest absolute Gasteiger partial charge is 0.223 e. The van der Waals surface area contributed by atoms with Crippen LogP contribution < -0.4 is 10.1 Å². The molecule has 7 nitrogen and oxygen atoms in total. The van der Waals surface area contributed by atoms with Crippen LogP contribution in [0.25, 0.3) is 0 Å². The molecule has 3 fully saturated rings. The van der Waals surface area contributed by atoms with E-state index < -0.39 is 0 Å². The van der Waals surface area contributed by atoms with Gasteiger partial charge >= 0.3 is 0 Å². The van der Waals surface area contributed by atoms with Crippen LogP contribution in [0, 0.1) is 11.8 Å². The molecule has 0 radical (unpaired) electrons. The van der Waals surface area contributed by atoms with Crippen LogP contribution in [0.2, 0.25) is 0 Å². The number of carbonyl (C=O) groups is 2. The van der Waals surface area contributed by atoms with Crippen molar-refractivity contribution in [2.45, 2.75) is 37.5 Å². The fraction of sp³-hybridized carbons (Fsp3) is 0.435. The molecule has 0 bridgehead atoms. The molecule has 0 spiro atoms. The van der Waals surface area contributed by atoms with Crippen LogP contribution in [-0.4, -0.2) is 48.1 Å². The summed E-state index contributed by atoms with van der Waals surface area (Å²) < 4.78 is 17.6. The van der Waals surface area contributed by atoms with Gasteiger partial charge in [0.1, 0.15) is 17.6 Å². The second-order valence-electron chi connectivity index (χ2n) is 8.19. The zero-order valence-corrected chi connectivity index (χ0v) is 16.5. The average molecular weight is 408 g/mol. The van der Waals surface area contributed by atoms with Crippen LogP contribution in [0.5, 0.6) is 11.5 Å². The van der Waals surface area contributed by atoms with Gasteiger partial charge in [0.25, 0.3) is 0 Å². The molecule has 1 aromatic carbocycles. The summed E-state index contributed by atoms with van der Waals surface area (Å²) in [6, 6.07) is 10.6. The zero-order valence-electron chi connectivity index (χ0n) is 16.5.